The molecule has 0 saturated carbocycles. The summed E-state index contributed by atoms with van der Waals surface area (Å²) in [6.07, 6.45) is -0.322. The van der Waals surface area contributed by atoms with Crippen molar-refractivity contribution < 1.29 is 18.7 Å². The van der Waals surface area contributed by atoms with Crippen LogP contribution < -0.4 is 0 Å². The second-order valence-electron chi connectivity index (χ2n) is 10.4. The van der Waals surface area contributed by atoms with Gasteiger partial charge in [0.1, 0.15) is 11.4 Å². The summed E-state index contributed by atoms with van der Waals surface area (Å²) < 4.78 is 26.8. The molecule has 0 spiro atoms. The van der Waals surface area contributed by atoms with Crippen molar-refractivity contribution >= 4 is 22.0 Å². The molecular formula is C26H33BrFNO3. The molecular weight excluding hydrogens is 473 g/mol. The number of halogens is 2. The zero-order chi connectivity index (χ0) is 23.7. The Balaban J connectivity index is 1.97. The van der Waals surface area contributed by atoms with E-state index < -0.39 is 5.60 Å². The van der Waals surface area contributed by atoms with Crippen LogP contribution in [0.5, 0.6) is 0 Å². The third-order valence-corrected chi connectivity index (χ3v) is 5.96. The molecule has 6 heteroatoms. The van der Waals surface area contributed by atoms with E-state index in [2.05, 4.69) is 28.1 Å². The number of carbonyl (C=O) groups is 1. The highest BCUT2D eigenvalue weighted by Crippen LogP contribution is 2.42. The minimum atomic E-state index is -0.566. The Morgan fingerprint density at radius 1 is 1.00 bits per heavy atom. The van der Waals surface area contributed by atoms with Gasteiger partial charge in [0, 0.05) is 29.4 Å². The van der Waals surface area contributed by atoms with Gasteiger partial charge in [-0.25, -0.2) is 9.18 Å². The van der Waals surface area contributed by atoms with E-state index in [-0.39, 0.29) is 29.3 Å². The number of nitrogens with zero attached hydrogens (tertiary/aromatic N) is 1. The molecule has 0 aliphatic carbocycles. The van der Waals surface area contributed by atoms with E-state index >= 15 is 0 Å². The van der Waals surface area contributed by atoms with E-state index in [1.54, 1.807) is 11.0 Å². The predicted molar refractivity (Wildman–Crippen MR) is 128 cm³/mol. The third kappa shape index (κ3) is 6.55. The summed E-state index contributed by atoms with van der Waals surface area (Å²) in [6, 6.07) is 13.1. The van der Waals surface area contributed by atoms with Crippen molar-refractivity contribution in [3.63, 3.8) is 0 Å². The van der Waals surface area contributed by atoms with E-state index in [9.17, 15) is 9.18 Å². The zero-order valence-corrected chi connectivity index (χ0v) is 21.3. The first-order chi connectivity index (χ1) is 14.8. The molecule has 0 aromatic heterocycles. The van der Waals surface area contributed by atoms with Crippen molar-refractivity contribution in [1.82, 2.24) is 4.90 Å². The monoisotopic (exact) mass is 505 g/mol. The van der Waals surface area contributed by atoms with Gasteiger partial charge in [0.15, 0.2) is 0 Å². The Morgan fingerprint density at radius 3 is 2.22 bits per heavy atom. The minimum Gasteiger partial charge on any atom is -0.444 e. The molecule has 1 heterocycles. The number of hydrogen-bond acceptors (Lipinski definition) is 3. The molecule has 1 saturated heterocycles. The molecule has 1 fully saturated rings. The van der Waals surface area contributed by atoms with Gasteiger partial charge >= 0.3 is 6.09 Å². The van der Waals surface area contributed by atoms with Crippen LogP contribution in [0.4, 0.5) is 9.18 Å². The molecule has 2 aromatic carbocycles. The Bertz CT molecular complexity index is 947. The van der Waals surface area contributed by atoms with Crippen molar-refractivity contribution in [1.29, 1.82) is 0 Å². The smallest absolute Gasteiger partial charge is 0.410 e. The summed E-state index contributed by atoms with van der Waals surface area (Å²) in [4.78, 5) is 14.6. The molecule has 0 unspecified atom stereocenters. The van der Waals surface area contributed by atoms with Crippen LogP contribution in [-0.4, -0.2) is 35.3 Å². The number of benzene rings is 2. The molecule has 2 aromatic rings. The van der Waals surface area contributed by atoms with Crippen LogP contribution in [0.15, 0.2) is 46.9 Å². The molecule has 1 aliphatic rings. The average Bonchev–Trinajstić information content (AvgIpc) is 3.10. The molecule has 1 aliphatic heterocycles. The van der Waals surface area contributed by atoms with Crippen molar-refractivity contribution in [2.45, 2.75) is 71.2 Å². The topological polar surface area (TPSA) is 38.8 Å². The van der Waals surface area contributed by atoms with Crippen LogP contribution in [0.25, 0.3) is 0 Å². The fourth-order valence-electron chi connectivity index (χ4n) is 4.00. The Kier molecular flexibility index (Phi) is 7.35. The van der Waals surface area contributed by atoms with Crippen molar-refractivity contribution in [2.75, 3.05) is 13.1 Å². The van der Waals surface area contributed by atoms with Crippen LogP contribution in [0.1, 0.15) is 70.1 Å². The maximum Gasteiger partial charge on any atom is 0.410 e. The number of amides is 1. The Labute approximate surface area is 199 Å². The summed E-state index contributed by atoms with van der Waals surface area (Å²) in [7, 11) is 0. The normalized spacial score (nSPS) is 19.3. The third-order valence-electron chi connectivity index (χ3n) is 5.43. The van der Waals surface area contributed by atoms with E-state index in [4.69, 9.17) is 9.47 Å². The first-order valence-corrected chi connectivity index (χ1v) is 11.8. The molecule has 174 valence electrons. The van der Waals surface area contributed by atoms with Crippen molar-refractivity contribution in [3.8, 4) is 0 Å². The second-order valence-corrected chi connectivity index (χ2v) is 11.3. The molecule has 1 amide bonds. The molecule has 0 radical (unpaired) electrons. The summed E-state index contributed by atoms with van der Waals surface area (Å²) >= 11 is 3.50. The van der Waals surface area contributed by atoms with Gasteiger partial charge in [0.05, 0.1) is 12.2 Å². The highest BCUT2D eigenvalue weighted by atomic mass is 79.9. The van der Waals surface area contributed by atoms with E-state index in [0.717, 1.165) is 21.2 Å². The molecule has 4 nitrogen and oxygen atoms in total. The van der Waals surface area contributed by atoms with E-state index in [0.29, 0.717) is 19.7 Å². The SMILES string of the molecule is CC(C)(C)OCc1cc(F)ccc1[C@H]1CN(C(=O)OC(C)(C)C)C[C@H]1c1ccc(Br)cc1. The lowest BCUT2D eigenvalue weighted by Gasteiger charge is -2.25. The maximum absolute atomic E-state index is 14.2. The van der Waals surface area contributed by atoms with Gasteiger partial charge in [-0.2, -0.15) is 0 Å². The van der Waals surface area contributed by atoms with Crippen LogP contribution >= 0.6 is 15.9 Å². The van der Waals surface area contributed by atoms with Crippen molar-refractivity contribution in [3.05, 3.63) is 69.4 Å². The first kappa shape index (κ1) is 24.7. The maximum atomic E-state index is 14.2. The van der Waals surface area contributed by atoms with Gasteiger partial charge in [0.25, 0.3) is 0 Å². The molecule has 3 rings (SSSR count). The lowest BCUT2D eigenvalue weighted by molar-refractivity contribution is -0.0154. The summed E-state index contributed by atoms with van der Waals surface area (Å²) in [5, 5.41) is 0. The molecule has 2 atom stereocenters. The Hall–Kier alpha value is -1.92. The van der Waals surface area contributed by atoms with Crippen LogP contribution in [0.2, 0.25) is 0 Å². The summed E-state index contributed by atoms with van der Waals surface area (Å²) in [5.41, 5.74) is 2.06. The fourth-order valence-corrected chi connectivity index (χ4v) is 4.26. The van der Waals surface area contributed by atoms with Gasteiger partial charge in [-0.3, -0.25) is 0 Å². The van der Waals surface area contributed by atoms with Crippen molar-refractivity contribution in [2.24, 2.45) is 0 Å². The zero-order valence-electron chi connectivity index (χ0n) is 19.7. The minimum absolute atomic E-state index is 0.00265. The van der Waals surface area contributed by atoms with Gasteiger partial charge in [-0.1, -0.05) is 34.1 Å². The Morgan fingerprint density at radius 2 is 1.62 bits per heavy atom. The number of likely N-dealkylation sites (tertiary alicyclic amines) is 1. The van der Waals surface area contributed by atoms with Crippen LogP contribution in [-0.2, 0) is 16.1 Å². The average molecular weight is 506 g/mol. The van der Waals surface area contributed by atoms with E-state index in [1.807, 2.05) is 59.7 Å². The van der Waals surface area contributed by atoms with Gasteiger partial charge in [-0.05, 0) is 82.5 Å². The number of ether oxygens (including phenoxy) is 2. The number of carbonyl (C=O) groups excluding carboxylic acids is 1. The van der Waals surface area contributed by atoms with Gasteiger partial charge in [-0.15, -0.1) is 0 Å². The second kappa shape index (κ2) is 9.52. The first-order valence-electron chi connectivity index (χ1n) is 11.0. The van der Waals surface area contributed by atoms with Crippen LogP contribution in [0.3, 0.4) is 0 Å². The van der Waals surface area contributed by atoms with Gasteiger partial charge < -0.3 is 14.4 Å². The standard InChI is InChI=1S/C26H33BrFNO3/c1-25(2,3)31-16-18-13-20(28)11-12-21(18)23-15-29(24(30)32-26(4,5)6)14-22(23)17-7-9-19(27)10-8-17/h7-13,22-23H,14-16H2,1-6H3/t22-,23+/m0/s1. The molecule has 32 heavy (non-hydrogen) atoms. The summed E-state index contributed by atoms with van der Waals surface area (Å²) in [6.45, 7) is 12.9. The number of rotatable bonds is 4. The largest absolute Gasteiger partial charge is 0.444 e. The highest BCUT2D eigenvalue weighted by Gasteiger charge is 2.39. The van der Waals surface area contributed by atoms with Gasteiger partial charge in [0.2, 0.25) is 0 Å². The lowest BCUT2D eigenvalue weighted by Crippen LogP contribution is -2.35. The molecule has 0 N–H and O–H groups in total. The quantitative estimate of drug-likeness (QED) is 0.447. The number of hydrogen-bond donors (Lipinski definition) is 0. The summed E-state index contributed by atoms with van der Waals surface area (Å²) in [5.74, 6) is -0.222. The fraction of sp³-hybridized carbons (Fsp3) is 0.500. The van der Waals surface area contributed by atoms with E-state index in [1.165, 1.54) is 6.07 Å². The highest BCUT2D eigenvalue weighted by molar-refractivity contribution is 9.10. The lowest BCUT2D eigenvalue weighted by atomic mass is 9.82. The molecule has 0 bridgehead atoms. The van der Waals surface area contributed by atoms with Crippen LogP contribution in [0, 0.1) is 5.82 Å². The predicted octanol–water partition coefficient (Wildman–Crippen LogP) is 7.02.